The van der Waals surface area contributed by atoms with Gasteiger partial charge >= 0.3 is 0 Å². The molecule has 0 radical (unpaired) electrons. The summed E-state index contributed by atoms with van der Waals surface area (Å²) in [5, 5.41) is 3.54. The molecule has 1 atom stereocenters. The van der Waals surface area contributed by atoms with Gasteiger partial charge in [0.2, 0.25) is 0 Å². The average molecular weight is 252 g/mol. The van der Waals surface area contributed by atoms with Crippen molar-refractivity contribution in [3.63, 3.8) is 0 Å². The minimum Gasteiger partial charge on any atom is -0.271 e. The van der Waals surface area contributed by atoms with Crippen LogP contribution in [0.3, 0.4) is 0 Å². The highest BCUT2D eigenvalue weighted by Crippen LogP contribution is 2.24. The Balaban J connectivity index is 1.56. The maximum Gasteiger partial charge on any atom is 0.274 e. The van der Waals surface area contributed by atoms with Crippen LogP contribution < -0.4 is 9.88 Å². The van der Waals surface area contributed by atoms with Crippen molar-refractivity contribution in [1.29, 1.82) is 0 Å². The van der Waals surface area contributed by atoms with E-state index in [4.69, 9.17) is 0 Å². The molecular weight excluding hydrogens is 238 g/mol. The van der Waals surface area contributed by atoms with E-state index in [-0.39, 0.29) is 0 Å². The molecule has 1 N–H and O–H groups in total. The molecule has 1 aromatic heterocycles. The normalized spacial score (nSPS) is 22.8. The van der Waals surface area contributed by atoms with Crippen LogP contribution in [-0.4, -0.2) is 28.5 Å². The minimum absolute atomic E-state index is 0.538. The largest absolute Gasteiger partial charge is 0.274 e. The van der Waals surface area contributed by atoms with E-state index < -0.39 is 0 Å². The van der Waals surface area contributed by atoms with Crippen molar-refractivity contribution in [2.45, 2.75) is 12.6 Å². The lowest BCUT2D eigenvalue weighted by atomic mass is 10.4. The molecule has 2 aliphatic rings. The number of fused-ring (bicyclic) bond motifs is 1. The van der Waals surface area contributed by atoms with Gasteiger partial charge in [-0.05, 0) is 6.07 Å². The molecule has 0 saturated heterocycles. The van der Waals surface area contributed by atoms with Gasteiger partial charge in [-0.25, -0.2) is 4.57 Å². The number of hydrogen-bond donors (Lipinski definition) is 1. The molecule has 84 valence electrons. The Morgan fingerprint density at radius 3 is 3.38 bits per heavy atom. The summed E-state index contributed by atoms with van der Waals surface area (Å²) in [7, 11) is 0. The molecule has 0 aromatic carbocycles. The Kier molecular flexibility index (Phi) is 3.06. The predicted octanol–water partition coefficient (Wildman–Crippen LogP) is 1.60. The number of rotatable bonds is 2. The van der Waals surface area contributed by atoms with Gasteiger partial charge in [0.05, 0.1) is 12.7 Å². The third kappa shape index (κ3) is 2.20. The van der Waals surface area contributed by atoms with Crippen molar-refractivity contribution in [2.24, 2.45) is 4.99 Å². The molecule has 1 aromatic rings. The smallest absolute Gasteiger partial charge is 0.271 e. The number of nitrogens with one attached hydrogen (secondary N) is 1. The molecule has 3 heterocycles. The second-order valence-corrected chi connectivity index (χ2v) is 6.24. The highest BCUT2D eigenvalue weighted by Gasteiger charge is 2.27. The first-order chi connectivity index (χ1) is 7.92. The fourth-order valence-corrected chi connectivity index (χ4v) is 3.97. The van der Waals surface area contributed by atoms with Gasteiger partial charge in [-0.1, -0.05) is 29.6 Å². The van der Waals surface area contributed by atoms with Crippen molar-refractivity contribution >= 4 is 33.7 Å². The topological polar surface area (TPSA) is 28.3 Å². The summed E-state index contributed by atoms with van der Waals surface area (Å²) in [6.45, 7) is 2.07. The van der Waals surface area contributed by atoms with Crippen LogP contribution in [0.4, 0.5) is 5.82 Å². The van der Waals surface area contributed by atoms with Gasteiger partial charge in [0, 0.05) is 17.6 Å². The van der Waals surface area contributed by atoms with Crippen LogP contribution in [0.15, 0.2) is 29.4 Å². The number of aromatic nitrogens is 1. The van der Waals surface area contributed by atoms with Crippen LogP contribution in [0, 0.1) is 0 Å². The number of anilines is 1. The molecule has 0 aliphatic carbocycles. The van der Waals surface area contributed by atoms with Gasteiger partial charge in [0.1, 0.15) is 17.0 Å². The second kappa shape index (κ2) is 4.67. The Morgan fingerprint density at radius 1 is 1.56 bits per heavy atom. The Hall–Kier alpha value is -0.680. The summed E-state index contributed by atoms with van der Waals surface area (Å²) in [5.74, 6) is 3.50. The van der Waals surface area contributed by atoms with Crippen molar-refractivity contribution in [1.82, 2.24) is 0 Å². The lowest BCUT2D eigenvalue weighted by Gasteiger charge is -2.03. The van der Waals surface area contributed by atoms with E-state index in [0.29, 0.717) is 6.04 Å². The van der Waals surface area contributed by atoms with E-state index in [1.54, 1.807) is 0 Å². The van der Waals surface area contributed by atoms with Crippen LogP contribution >= 0.6 is 23.5 Å². The lowest BCUT2D eigenvalue weighted by molar-refractivity contribution is -0.673. The first-order valence-corrected chi connectivity index (χ1v) is 7.44. The molecule has 0 unspecified atom stereocenters. The van der Waals surface area contributed by atoms with Gasteiger partial charge in [-0.15, -0.1) is 0 Å². The highest BCUT2D eigenvalue weighted by molar-refractivity contribution is 8.39. The van der Waals surface area contributed by atoms with E-state index in [0.717, 1.165) is 24.6 Å². The first-order valence-electron chi connectivity index (χ1n) is 5.47. The van der Waals surface area contributed by atoms with Crippen LogP contribution in [-0.2, 0) is 6.54 Å². The molecular formula is C11H14N3S2+. The lowest BCUT2D eigenvalue weighted by Crippen LogP contribution is -2.33. The van der Waals surface area contributed by atoms with Crippen LogP contribution in [0.5, 0.6) is 0 Å². The minimum atomic E-state index is 0.538. The molecule has 3 rings (SSSR count). The van der Waals surface area contributed by atoms with Crippen molar-refractivity contribution < 1.29 is 4.57 Å². The van der Waals surface area contributed by atoms with Crippen molar-refractivity contribution in [3.05, 3.63) is 24.4 Å². The summed E-state index contributed by atoms with van der Waals surface area (Å²) >= 11 is 3.78. The summed E-state index contributed by atoms with van der Waals surface area (Å²) in [6.07, 6.45) is 2.13. The quantitative estimate of drug-likeness (QED) is 0.811. The molecule has 16 heavy (non-hydrogen) atoms. The Bertz CT molecular complexity index is 394. The summed E-state index contributed by atoms with van der Waals surface area (Å²) in [5.41, 5.74) is 0. The van der Waals surface area contributed by atoms with Crippen LogP contribution in [0.25, 0.3) is 0 Å². The number of pyridine rings is 1. The highest BCUT2D eigenvalue weighted by atomic mass is 32.2. The van der Waals surface area contributed by atoms with Crippen molar-refractivity contribution in [2.75, 3.05) is 23.4 Å². The average Bonchev–Trinajstić information content (AvgIpc) is 2.95. The number of aliphatic imine (C=N–C) groups is 1. The van der Waals surface area contributed by atoms with Gasteiger partial charge in [-0.2, -0.15) is 0 Å². The molecule has 0 amide bonds. The fraction of sp³-hybridized carbons (Fsp3) is 0.455. The Morgan fingerprint density at radius 2 is 2.56 bits per heavy atom. The summed E-state index contributed by atoms with van der Waals surface area (Å²) in [4.78, 5) is 4.45. The third-order valence-corrected chi connectivity index (χ3v) is 5.09. The Labute approximate surface area is 104 Å². The van der Waals surface area contributed by atoms with Crippen LogP contribution in [0.2, 0.25) is 0 Å². The molecule has 0 saturated carbocycles. The molecule has 2 aliphatic heterocycles. The van der Waals surface area contributed by atoms with Gasteiger partial charge in [0.25, 0.3) is 5.82 Å². The van der Waals surface area contributed by atoms with Gasteiger partial charge in [-0.3, -0.25) is 10.3 Å². The third-order valence-electron chi connectivity index (χ3n) is 2.68. The van der Waals surface area contributed by atoms with Gasteiger partial charge in [0.15, 0.2) is 0 Å². The zero-order valence-electron chi connectivity index (χ0n) is 8.93. The van der Waals surface area contributed by atoms with E-state index in [2.05, 4.69) is 39.3 Å². The maximum absolute atomic E-state index is 4.45. The summed E-state index contributed by atoms with van der Waals surface area (Å²) in [6, 6.07) is 6.83. The first kappa shape index (κ1) is 10.5. The van der Waals surface area contributed by atoms with Gasteiger partial charge < -0.3 is 0 Å². The zero-order valence-corrected chi connectivity index (χ0v) is 10.6. The van der Waals surface area contributed by atoms with Crippen molar-refractivity contribution in [3.8, 4) is 0 Å². The molecule has 0 fully saturated rings. The summed E-state index contributed by atoms with van der Waals surface area (Å²) < 4.78 is 3.54. The second-order valence-electron chi connectivity index (χ2n) is 3.89. The predicted molar refractivity (Wildman–Crippen MR) is 71.3 cm³/mol. The standard InChI is InChI=1S/C11H13N3S2/c1-2-5-14-7-9(13-10(14)3-1)8-16-11-12-4-6-15-11/h1-3,5,9H,4,6-8H2/p+1/t9-/m1/s1. The molecule has 0 spiro atoms. The van der Waals surface area contributed by atoms with E-state index in [9.17, 15) is 0 Å². The maximum atomic E-state index is 4.45. The SMILES string of the molecule is c1cc[n+]2c(c1)N[C@@H](CSC1=NCCS1)C2. The number of hydrogen-bond acceptors (Lipinski definition) is 4. The molecule has 3 nitrogen and oxygen atoms in total. The fourth-order valence-electron chi connectivity index (χ4n) is 1.93. The number of nitrogens with zero attached hydrogens (tertiary/aromatic N) is 2. The number of thioether (sulfide) groups is 2. The van der Waals surface area contributed by atoms with E-state index >= 15 is 0 Å². The van der Waals surface area contributed by atoms with Crippen LogP contribution in [0.1, 0.15) is 0 Å². The van der Waals surface area contributed by atoms with E-state index in [1.165, 1.54) is 10.2 Å². The zero-order chi connectivity index (χ0) is 10.8. The molecule has 5 heteroatoms. The molecule has 0 bridgehead atoms. The monoisotopic (exact) mass is 252 g/mol. The van der Waals surface area contributed by atoms with E-state index in [1.807, 2.05) is 23.5 Å².